The Morgan fingerprint density at radius 2 is 2.18 bits per heavy atom. The van der Waals surface area contributed by atoms with Gasteiger partial charge in [0, 0.05) is 30.1 Å². The molecule has 22 heavy (non-hydrogen) atoms. The van der Waals surface area contributed by atoms with E-state index in [1.807, 2.05) is 0 Å². The van der Waals surface area contributed by atoms with Crippen molar-refractivity contribution < 1.29 is 19.1 Å². The fraction of sp³-hybridized carbons (Fsp3) is 0.400. The van der Waals surface area contributed by atoms with Crippen LogP contribution in [0.5, 0.6) is 0 Å². The molecule has 1 heterocycles. The second-order valence-electron chi connectivity index (χ2n) is 5.03. The molecular formula is C15H16BrNO4S. The second-order valence-corrected chi connectivity index (χ2v) is 7.14. The molecule has 5 nitrogen and oxygen atoms in total. The van der Waals surface area contributed by atoms with Crippen LogP contribution in [-0.4, -0.2) is 36.4 Å². The van der Waals surface area contributed by atoms with Crippen molar-refractivity contribution in [3.63, 3.8) is 0 Å². The van der Waals surface area contributed by atoms with Gasteiger partial charge in [0.2, 0.25) is 5.91 Å². The number of thioether (sulfide) groups is 1. The molecule has 1 unspecified atom stereocenters. The van der Waals surface area contributed by atoms with E-state index in [0.29, 0.717) is 30.0 Å². The Labute approximate surface area is 141 Å². The van der Waals surface area contributed by atoms with E-state index in [0.717, 1.165) is 4.47 Å². The molecule has 1 aliphatic rings. The Hall–Kier alpha value is -1.34. The third kappa shape index (κ3) is 3.89. The number of carbonyl (C=O) groups excluding carboxylic acids is 3. The Kier molecular flexibility index (Phi) is 5.63. The van der Waals surface area contributed by atoms with E-state index in [2.05, 4.69) is 15.9 Å². The van der Waals surface area contributed by atoms with Crippen molar-refractivity contribution in [1.82, 2.24) is 0 Å². The van der Waals surface area contributed by atoms with E-state index in [-0.39, 0.29) is 16.9 Å². The molecule has 1 aliphatic heterocycles. The highest BCUT2D eigenvalue weighted by molar-refractivity contribution is 9.10. The number of methoxy groups -OCH3 is 1. The third-order valence-electron chi connectivity index (χ3n) is 3.38. The first-order chi connectivity index (χ1) is 10.4. The predicted molar refractivity (Wildman–Crippen MR) is 89.1 cm³/mol. The molecule has 7 heteroatoms. The van der Waals surface area contributed by atoms with Crippen molar-refractivity contribution in [3.8, 4) is 0 Å². The molecule has 1 aromatic rings. The molecule has 2 rings (SSSR count). The molecule has 0 bridgehead atoms. The van der Waals surface area contributed by atoms with Gasteiger partial charge in [0.25, 0.3) is 0 Å². The summed E-state index contributed by atoms with van der Waals surface area (Å²) in [6.45, 7) is 2.02. The van der Waals surface area contributed by atoms with Crippen LogP contribution in [0.4, 0.5) is 5.69 Å². The minimum absolute atomic E-state index is 0.0441. The second kappa shape index (κ2) is 7.28. The van der Waals surface area contributed by atoms with Crippen molar-refractivity contribution in [1.29, 1.82) is 0 Å². The summed E-state index contributed by atoms with van der Waals surface area (Å²) in [5, 5.41) is 0.0450. The normalized spacial score (nSPS) is 17.7. The van der Waals surface area contributed by atoms with E-state index in [4.69, 9.17) is 4.74 Å². The summed E-state index contributed by atoms with van der Waals surface area (Å²) in [6.07, 6.45) is 0.382. The van der Waals surface area contributed by atoms with Gasteiger partial charge in [-0.2, -0.15) is 0 Å². The van der Waals surface area contributed by atoms with Gasteiger partial charge in [-0.15, -0.1) is 0 Å². The van der Waals surface area contributed by atoms with Crippen molar-refractivity contribution in [2.75, 3.05) is 24.3 Å². The van der Waals surface area contributed by atoms with Crippen LogP contribution in [0.1, 0.15) is 23.7 Å². The zero-order valence-corrected chi connectivity index (χ0v) is 14.7. The van der Waals surface area contributed by atoms with E-state index in [1.54, 1.807) is 23.1 Å². The van der Waals surface area contributed by atoms with Gasteiger partial charge in [-0.25, -0.2) is 4.79 Å². The average Bonchev–Trinajstić information content (AvgIpc) is 2.85. The molecule has 0 N–H and O–H groups in total. The van der Waals surface area contributed by atoms with E-state index in [1.165, 1.54) is 25.8 Å². The Morgan fingerprint density at radius 1 is 1.45 bits per heavy atom. The number of hydrogen-bond acceptors (Lipinski definition) is 5. The maximum absolute atomic E-state index is 12.3. The van der Waals surface area contributed by atoms with Gasteiger partial charge in [0.05, 0.1) is 18.4 Å². The molecule has 1 saturated heterocycles. The lowest BCUT2D eigenvalue weighted by Gasteiger charge is -2.20. The van der Waals surface area contributed by atoms with E-state index in [9.17, 15) is 14.4 Å². The van der Waals surface area contributed by atoms with E-state index >= 15 is 0 Å². The van der Waals surface area contributed by atoms with Crippen molar-refractivity contribution in [2.24, 2.45) is 5.92 Å². The SMILES string of the molecule is COC(=O)c1ccc(Br)cc1N1CC(CSC(C)=O)CC1=O. The molecule has 0 spiro atoms. The van der Waals surface area contributed by atoms with Crippen molar-refractivity contribution >= 4 is 50.4 Å². The van der Waals surface area contributed by atoms with Crippen LogP contribution in [0.2, 0.25) is 0 Å². The van der Waals surface area contributed by atoms with Gasteiger partial charge >= 0.3 is 5.97 Å². The standard InChI is InChI=1S/C15H16BrNO4S/c1-9(18)22-8-10-5-14(19)17(7-10)13-6-11(16)3-4-12(13)15(20)21-2/h3-4,6,10H,5,7-8H2,1-2H3. The Morgan fingerprint density at radius 3 is 2.82 bits per heavy atom. The van der Waals surface area contributed by atoms with Crippen LogP contribution in [0.25, 0.3) is 0 Å². The molecule has 1 amide bonds. The molecule has 118 valence electrons. The summed E-state index contributed by atoms with van der Waals surface area (Å²) < 4.78 is 5.56. The summed E-state index contributed by atoms with van der Waals surface area (Å²) in [7, 11) is 1.31. The number of esters is 1. The number of amides is 1. The number of rotatable bonds is 4. The number of anilines is 1. The van der Waals surface area contributed by atoms with Gasteiger partial charge in [-0.1, -0.05) is 27.7 Å². The minimum atomic E-state index is -0.475. The summed E-state index contributed by atoms with van der Waals surface area (Å²) in [6, 6.07) is 5.11. The Balaban J connectivity index is 2.24. The molecular weight excluding hydrogens is 370 g/mol. The van der Waals surface area contributed by atoms with Crippen LogP contribution in [0.15, 0.2) is 22.7 Å². The maximum Gasteiger partial charge on any atom is 0.339 e. The third-order valence-corrected chi connectivity index (χ3v) is 4.92. The number of halogens is 1. The van der Waals surface area contributed by atoms with Gasteiger partial charge in [-0.05, 0) is 24.1 Å². The van der Waals surface area contributed by atoms with Gasteiger partial charge < -0.3 is 9.64 Å². The van der Waals surface area contributed by atoms with Crippen molar-refractivity contribution in [3.05, 3.63) is 28.2 Å². The number of nitrogens with zero attached hydrogens (tertiary/aromatic N) is 1. The molecule has 1 atom stereocenters. The summed E-state index contributed by atoms with van der Waals surface area (Å²) in [5.74, 6) is 0.194. The zero-order valence-electron chi connectivity index (χ0n) is 12.3. The van der Waals surface area contributed by atoms with Crippen LogP contribution in [0, 0.1) is 5.92 Å². The van der Waals surface area contributed by atoms with Gasteiger partial charge in [0.15, 0.2) is 5.12 Å². The molecule has 1 aromatic carbocycles. The highest BCUT2D eigenvalue weighted by Crippen LogP contribution is 2.32. The molecule has 1 fully saturated rings. The first-order valence-electron chi connectivity index (χ1n) is 6.74. The summed E-state index contributed by atoms with van der Waals surface area (Å²) in [4.78, 5) is 36.8. The first-order valence-corrected chi connectivity index (χ1v) is 8.51. The van der Waals surface area contributed by atoms with Crippen LogP contribution < -0.4 is 4.90 Å². The lowest BCUT2D eigenvalue weighted by molar-refractivity contribution is -0.117. The predicted octanol–water partition coefficient (Wildman–Crippen LogP) is 2.87. The molecule has 0 aromatic heterocycles. The molecule has 0 radical (unpaired) electrons. The fourth-order valence-corrected chi connectivity index (χ4v) is 3.41. The lowest BCUT2D eigenvalue weighted by atomic mass is 10.1. The largest absolute Gasteiger partial charge is 0.465 e. The highest BCUT2D eigenvalue weighted by Gasteiger charge is 2.33. The number of ether oxygens (including phenoxy) is 1. The average molecular weight is 386 g/mol. The summed E-state index contributed by atoms with van der Waals surface area (Å²) in [5.41, 5.74) is 0.903. The van der Waals surface area contributed by atoms with Gasteiger partial charge in [-0.3, -0.25) is 9.59 Å². The number of carbonyl (C=O) groups is 3. The topological polar surface area (TPSA) is 63.7 Å². The molecule has 0 saturated carbocycles. The quantitative estimate of drug-likeness (QED) is 0.745. The first kappa shape index (κ1) is 17.0. The van der Waals surface area contributed by atoms with Crippen LogP contribution >= 0.6 is 27.7 Å². The monoisotopic (exact) mass is 385 g/mol. The van der Waals surface area contributed by atoms with Crippen LogP contribution in [-0.2, 0) is 14.3 Å². The number of hydrogen-bond donors (Lipinski definition) is 0. The maximum atomic E-state index is 12.3. The zero-order chi connectivity index (χ0) is 16.3. The minimum Gasteiger partial charge on any atom is -0.465 e. The highest BCUT2D eigenvalue weighted by atomic mass is 79.9. The van der Waals surface area contributed by atoms with Crippen LogP contribution in [0.3, 0.4) is 0 Å². The lowest BCUT2D eigenvalue weighted by Crippen LogP contribution is -2.27. The van der Waals surface area contributed by atoms with E-state index < -0.39 is 5.97 Å². The number of benzene rings is 1. The molecule has 0 aliphatic carbocycles. The summed E-state index contributed by atoms with van der Waals surface area (Å²) >= 11 is 4.59. The van der Waals surface area contributed by atoms with Crippen molar-refractivity contribution in [2.45, 2.75) is 13.3 Å². The fourth-order valence-electron chi connectivity index (χ4n) is 2.37. The Bertz CT molecular complexity index is 620. The van der Waals surface area contributed by atoms with Gasteiger partial charge in [0.1, 0.15) is 0 Å². The smallest absolute Gasteiger partial charge is 0.339 e.